The number of piperidine rings is 1. The number of hydrogen-bond donors (Lipinski definition) is 2. The first-order valence-corrected chi connectivity index (χ1v) is 10.4. The molecule has 158 valence electrons. The molecule has 2 N–H and O–H groups in total. The van der Waals surface area contributed by atoms with Gasteiger partial charge in [0.25, 0.3) is 5.91 Å². The largest absolute Gasteiger partial charge is 0.454 e. The number of amides is 3. The number of benzene rings is 1. The minimum atomic E-state index is -0.741. The van der Waals surface area contributed by atoms with Crippen molar-refractivity contribution in [3.05, 3.63) is 28.8 Å². The summed E-state index contributed by atoms with van der Waals surface area (Å²) in [4.78, 5) is 39.1. The average Bonchev–Trinajstić information content (AvgIpc) is 3.40. The van der Waals surface area contributed by atoms with E-state index in [4.69, 9.17) is 9.47 Å². The summed E-state index contributed by atoms with van der Waals surface area (Å²) >= 11 is 1.11. The van der Waals surface area contributed by atoms with Crippen LogP contribution in [0.1, 0.15) is 28.2 Å². The number of likely N-dealkylation sites (tertiary alicyclic amines) is 1. The van der Waals surface area contributed by atoms with Gasteiger partial charge in [0, 0.05) is 31.4 Å². The molecular formula is C19H21N5O5S. The highest BCUT2D eigenvalue weighted by Gasteiger charge is 2.27. The van der Waals surface area contributed by atoms with Gasteiger partial charge in [0.05, 0.1) is 5.69 Å². The molecule has 30 heavy (non-hydrogen) atoms. The number of fused-ring (bicyclic) bond motifs is 1. The molecule has 1 aromatic carbocycles. The van der Waals surface area contributed by atoms with E-state index in [1.807, 2.05) is 0 Å². The zero-order chi connectivity index (χ0) is 21.1. The Balaban J connectivity index is 1.21. The molecule has 3 amide bonds. The van der Waals surface area contributed by atoms with Crippen LogP contribution in [0.25, 0.3) is 0 Å². The second-order valence-corrected chi connectivity index (χ2v) is 7.91. The lowest BCUT2D eigenvalue weighted by atomic mass is 9.96. The maximum absolute atomic E-state index is 12.5. The van der Waals surface area contributed by atoms with Crippen molar-refractivity contribution in [1.29, 1.82) is 0 Å². The number of ether oxygens (including phenoxy) is 2. The van der Waals surface area contributed by atoms with Crippen LogP contribution in [0.15, 0.2) is 18.2 Å². The zero-order valence-electron chi connectivity index (χ0n) is 16.3. The molecule has 2 aromatic rings. The number of aryl methyl sites for hydroxylation is 1. The summed E-state index contributed by atoms with van der Waals surface area (Å²) < 4.78 is 14.3. The molecule has 3 heterocycles. The Morgan fingerprint density at radius 1 is 1.17 bits per heavy atom. The van der Waals surface area contributed by atoms with Gasteiger partial charge in [0.15, 0.2) is 11.5 Å². The molecule has 11 heteroatoms. The molecule has 0 saturated carbocycles. The topological polar surface area (TPSA) is 123 Å². The van der Waals surface area contributed by atoms with Crippen molar-refractivity contribution in [2.45, 2.75) is 19.8 Å². The molecule has 4 rings (SSSR count). The highest BCUT2D eigenvalue weighted by Crippen LogP contribution is 2.34. The average molecular weight is 431 g/mol. The van der Waals surface area contributed by atoms with Crippen LogP contribution >= 0.6 is 11.5 Å². The second kappa shape index (κ2) is 8.66. The molecule has 2 aliphatic heterocycles. The monoisotopic (exact) mass is 431 g/mol. The molecule has 10 nitrogen and oxygen atoms in total. The number of aromatic nitrogens is 2. The first kappa shape index (κ1) is 20.1. The van der Waals surface area contributed by atoms with Crippen LogP contribution in [0, 0.1) is 12.8 Å². The number of rotatable bonds is 4. The van der Waals surface area contributed by atoms with Crippen molar-refractivity contribution in [3.63, 3.8) is 0 Å². The third kappa shape index (κ3) is 4.35. The lowest BCUT2D eigenvalue weighted by Gasteiger charge is -2.31. The van der Waals surface area contributed by atoms with Crippen molar-refractivity contribution in [1.82, 2.24) is 19.8 Å². The van der Waals surface area contributed by atoms with Gasteiger partial charge in [-0.3, -0.25) is 14.4 Å². The number of carbonyl (C=O) groups is 3. The normalized spacial score (nSPS) is 15.7. The van der Waals surface area contributed by atoms with Gasteiger partial charge >= 0.3 is 11.8 Å². The molecule has 0 unspecified atom stereocenters. The Kier molecular flexibility index (Phi) is 5.79. The zero-order valence-corrected chi connectivity index (χ0v) is 17.2. The number of hydrogen-bond acceptors (Lipinski definition) is 8. The van der Waals surface area contributed by atoms with E-state index in [0.717, 1.165) is 24.4 Å². The Bertz CT molecular complexity index is 970. The first-order valence-electron chi connectivity index (χ1n) is 9.58. The van der Waals surface area contributed by atoms with Gasteiger partial charge in [-0.15, -0.1) is 5.10 Å². The molecule has 0 bridgehead atoms. The Morgan fingerprint density at radius 3 is 2.67 bits per heavy atom. The summed E-state index contributed by atoms with van der Waals surface area (Å²) in [6.07, 6.45) is 1.50. The summed E-state index contributed by atoms with van der Waals surface area (Å²) in [5.41, 5.74) is 1.10. The van der Waals surface area contributed by atoms with Gasteiger partial charge < -0.3 is 25.0 Å². The summed E-state index contributed by atoms with van der Waals surface area (Å²) in [6.45, 7) is 3.49. The highest BCUT2D eigenvalue weighted by atomic mass is 32.1. The summed E-state index contributed by atoms with van der Waals surface area (Å²) in [5, 5.41) is 9.11. The van der Waals surface area contributed by atoms with E-state index < -0.39 is 11.8 Å². The highest BCUT2D eigenvalue weighted by molar-refractivity contribution is 7.07. The maximum atomic E-state index is 12.5. The molecular weight excluding hydrogens is 410 g/mol. The lowest BCUT2D eigenvalue weighted by molar-refractivity contribution is -0.136. The van der Waals surface area contributed by atoms with Crippen LogP contribution in [0.3, 0.4) is 0 Å². The van der Waals surface area contributed by atoms with E-state index in [1.165, 1.54) is 0 Å². The van der Waals surface area contributed by atoms with Gasteiger partial charge in [0.2, 0.25) is 6.79 Å². The van der Waals surface area contributed by atoms with Crippen molar-refractivity contribution in [2.75, 3.05) is 31.7 Å². The van der Waals surface area contributed by atoms with Gasteiger partial charge in [0.1, 0.15) is 4.88 Å². The molecule has 1 saturated heterocycles. The summed E-state index contributed by atoms with van der Waals surface area (Å²) in [7, 11) is 0. The van der Waals surface area contributed by atoms with Crippen LogP contribution in [0.2, 0.25) is 0 Å². The first-order chi connectivity index (χ1) is 14.5. The minimum absolute atomic E-state index is 0.0481. The molecule has 2 aliphatic rings. The van der Waals surface area contributed by atoms with Gasteiger partial charge in [-0.25, -0.2) is 0 Å². The van der Waals surface area contributed by atoms with Gasteiger partial charge in [-0.05, 0) is 49.3 Å². The maximum Gasteiger partial charge on any atom is 0.313 e. The number of anilines is 1. The lowest BCUT2D eigenvalue weighted by Crippen LogP contribution is -2.43. The third-order valence-corrected chi connectivity index (χ3v) is 5.95. The van der Waals surface area contributed by atoms with Gasteiger partial charge in [-0.1, -0.05) is 4.49 Å². The summed E-state index contributed by atoms with van der Waals surface area (Å²) in [6, 6.07) is 4.93. The van der Waals surface area contributed by atoms with Crippen LogP contribution < -0.4 is 20.1 Å². The van der Waals surface area contributed by atoms with Crippen LogP contribution in [0.5, 0.6) is 11.5 Å². The fraction of sp³-hybridized carbons (Fsp3) is 0.421. The van der Waals surface area contributed by atoms with E-state index in [0.29, 0.717) is 47.4 Å². The number of nitrogens with zero attached hydrogens (tertiary/aromatic N) is 3. The van der Waals surface area contributed by atoms with E-state index in [2.05, 4.69) is 20.2 Å². The number of carbonyl (C=O) groups excluding carboxylic acids is 3. The van der Waals surface area contributed by atoms with Crippen molar-refractivity contribution in [3.8, 4) is 11.5 Å². The van der Waals surface area contributed by atoms with Gasteiger partial charge in [-0.2, -0.15) is 0 Å². The van der Waals surface area contributed by atoms with Crippen molar-refractivity contribution in [2.24, 2.45) is 5.92 Å². The molecule has 1 fully saturated rings. The Labute approximate surface area is 176 Å². The Morgan fingerprint density at radius 2 is 1.93 bits per heavy atom. The molecule has 0 radical (unpaired) electrons. The van der Waals surface area contributed by atoms with E-state index in [-0.39, 0.29) is 18.6 Å². The SMILES string of the molecule is Cc1nnsc1C(=O)N1CCC(CNC(=O)C(=O)Nc2ccc3c(c2)OCO3)CC1. The molecule has 0 atom stereocenters. The fourth-order valence-corrected chi connectivity index (χ4v) is 4.02. The smallest absolute Gasteiger partial charge is 0.313 e. The third-order valence-electron chi connectivity index (χ3n) is 5.14. The molecule has 0 aliphatic carbocycles. The fourth-order valence-electron chi connectivity index (χ4n) is 3.39. The number of nitrogens with one attached hydrogen (secondary N) is 2. The van der Waals surface area contributed by atoms with Crippen molar-refractivity contribution >= 4 is 34.9 Å². The predicted molar refractivity (Wildman–Crippen MR) is 107 cm³/mol. The van der Waals surface area contributed by atoms with Crippen LogP contribution in [0.4, 0.5) is 5.69 Å². The van der Waals surface area contributed by atoms with Crippen molar-refractivity contribution < 1.29 is 23.9 Å². The second-order valence-electron chi connectivity index (χ2n) is 7.16. The quantitative estimate of drug-likeness (QED) is 0.697. The Hall–Kier alpha value is -3.21. The van der Waals surface area contributed by atoms with E-state index in [1.54, 1.807) is 30.0 Å². The van der Waals surface area contributed by atoms with E-state index >= 15 is 0 Å². The predicted octanol–water partition coefficient (Wildman–Crippen LogP) is 1.18. The van der Waals surface area contributed by atoms with Crippen LogP contribution in [-0.2, 0) is 9.59 Å². The standard InChI is InChI=1S/C19H21N5O5S/c1-11-16(30-23-22-11)19(27)24-6-4-12(5-7-24)9-20-17(25)18(26)21-13-2-3-14-15(8-13)29-10-28-14/h2-3,8,12H,4-7,9-10H2,1H3,(H,20,25)(H,21,26). The summed E-state index contributed by atoms with van der Waals surface area (Å²) in [5.74, 6) is -0.153. The molecule has 0 spiro atoms. The molecule has 1 aromatic heterocycles. The minimum Gasteiger partial charge on any atom is -0.454 e. The van der Waals surface area contributed by atoms with Crippen LogP contribution in [-0.4, -0.2) is 58.6 Å². The van der Waals surface area contributed by atoms with E-state index in [9.17, 15) is 14.4 Å².